The zero-order chi connectivity index (χ0) is 40.6. The molecule has 0 aromatic heterocycles. The Morgan fingerprint density at radius 1 is 0.873 bits per heavy atom. The summed E-state index contributed by atoms with van der Waals surface area (Å²) < 4.78 is 23.3. The Labute approximate surface area is 318 Å². The van der Waals surface area contributed by atoms with Crippen molar-refractivity contribution in [3.05, 3.63) is 12.2 Å². The average molecular weight is 791 g/mol. The monoisotopic (exact) mass is 790 g/mol. The number of hydrogen-bond donors (Lipinski definition) is 11. The summed E-state index contributed by atoms with van der Waals surface area (Å²) in [5.41, 5.74) is 0. The lowest BCUT2D eigenvalue weighted by molar-refractivity contribution is -0.346. The first kappa shape index (κ1) is 44.8. The molecule has 20 nitrogen and oxygen atoms in total. The fraction of sp³-hybridized carbons (Fsp3) is 0.829. The molecular weight excluding hydrogens is 732 g/mol. The van der Waals surface area contributed by atoms with Crippen LogP contribution in [0.1, 0.15) is 72.1 Å². The molecule has 4 rings (SSSR count). The van der Waals surface area contributed by atoms with Crippen LogP contribution in [-0.4, -0.2) is 175 Å². The molecule has 15 atom stereocenters. The van der Waals surface area contributed by atoms with Gasteiger partial charge in [0.05, 0.1) is 18.8 Å². The maximum absolute atomic E-state index is 13.1. The number of ether oxygens (including phenoxy) is 4. The van der Waals surface area contributed by atoms with E-state index in [1.807, 2.05) is 0 Å². The summed E-state index contributed by atoms with van der Waals surface area (Å²) in [7, 11) is 0. The minimum atomic E-state index is -1.84. The Morgan fingerprint density at radius 3 is 2.11 bits per heavy atom. The molecule has 0 spiro atoms. The van der Waals surface area contributed by atoms with E-state index < -0.39 is 129 Å². The smallest absolute Gasteiger partial charge is 0.326 e. The average Bonchev–Trinajstić information content (AvgIpc) is 3.42. The Morgan fingerprint density at radius 2 is 1.49 bits per heavy atom. The summed E-state index contributed by atoms with van der Waals surface area (Å²) in [6, 6.07) is -3.86. The standard InChI is InChI=1S/C35H58N4O16/c1-16(2)10-8-6-4-5-7-9-11-21(43)37-24-28(48)25(45)19(52-34(24)55-33-23(36-17(3)41)27(47)26(46)20(15-40)53-33)14-18(42)31-29(49)30(50)32(54-31)39-13-12-22(44)38-35(39)51/h9,11,16,18-20,23-34,40,42,45-50H,4-8,10,12-15H2,1-3H3,(H,36,41)(H,37,43)(H,38,44,51)/b11-9+/t18-,19-,20+,23+,24-,25+,26+,27+,28-,29+,30-,31?,32-,33+,34+/m1/s1. The van der Waals surface area contributed by atoms with Crippen LogP contribution < -0.4 is 16.0 Å². The zero-order valence-electron chi connectivity index (χ0n) is 31.3. The van der Waals surface area contributed by atoms with Crippen LogP contribution >= 0.6 is 0 Å². The molecule has 1 unspecified atom stereocenters. The topological polar surface area (TPSA) is 306 Å². The van der Waals surface area contributed by atoms with Gasteiger partial charge in [0.25, 0.3) is 0 Å². The molecule has 0 aromatic rings. The quantitative estimate of drug-likeness (QED) is 0.0505. The largest absolute Gasteiger partial charge is 0.394 e. The van der Waals surface area contributed by atoms with Crippen molar-refractivity contribution in [3.8, 4) is 0 Å². The molecular formula is C35H58N4O16. The first-order chi connectivity index (χ1) is 26.0. The number of nitrogens with zero attached hydrogens (tertiary/aromatic N) is 1. The van der Waals surface area contributed by atoms with Crippen molar-refractivity contribution in [2.24, 2.45) is 5.92 Å². The van der Waals surface area contributed by atoms with Crippen LogP contribution in [0.25, 0.3) is 0 Å². The molecule has 11 N–H and O–H groups in total. The van der Waals surface area contributed by atoms with Crippen molar-refractivity contribution in [2.45, 2.75) is 164 Å². The minimum absolute atomic E-state index is 0.0996. The second kappa shape index (κ2) is 20.5. The number of urea groups is 1. The molecule has 20 heteroatoms. The maximum Gasteiger partial charge on any atom is 0.326 e. The van der Waals surface area contributed by atoms with Crippen LogP contribution in [0.5, 0.6) is 0 Å². The van der Waals surface area contributed by atoms with Crippen molar-refractivity contribution in [1.29, 1.82) is 0 Å². The number of unbranched alkanes of at least 4 members (excludes halogenated alkanes) is 4. The van der Waals surface area contributed by atoms with E-state index >= 15 is 0 Å². The van der Waals surface area contributed by atoms with Gasteiger partial charge < -0.3 is 70.4 Å². The molecule has 5 amide bonds. The van der Waals surface area contributed by atoms with Crippen molar-refractivity contribution in [3.63, 3.8) is 0 Å². The van der Waals surface area contributed by atoms with Gasteiger partial charge >= 0.3 is 6.03 Å². The molecule has 4 saturated heterocycles. The number of aliphatic hydroxyl groups is 8. The van der Waals surface area contributed by atoms with E-state index in [0.29, 0.717) is 12.3 Å². The van der Waals surface area contributed by atoms with Gasteiger partial charge in [0.1, 0.15) is 60.9 Å². The van der Waals surface area contributed by atoms with Crippen molar-refractivity contribution < 1.29 is 79.0 Å². The predicted molar refractivity (Wildman–Crippen MR) is 187 cm³/mol. The van der Waals surface area contributed by atoms with Crippen LogP contribution in [0.2, 0.25) is 0 Å². The lowest BCUT2D eigenvalue weighted by atomic mass is 9.91. The Hall–Kier alpha value is -2.86. The Kier molecular flexibility index (Phi) is 16.7. The number of carbonyl (C=O) groups is 4. The third kappa shape index (κ3) is 11.6. The van der Waals surface area contributed by atoms with Gasteiger partial charge in [-0.1, -0.05) is 45.6 Å². The molecule has 55 heavy (non-hydrogen) atoms. The lowest BCUT2D eigenvalue weighted by Gasteiger charge is -2.47. The van der Waals surface area contributed by atoms with Crippen LogP contribution in [0.15, 0.2) is 12.2 Å². The van der Waals surface area contributed by atoms with E-state index in [0.717, 1.165) is 43.9 Å². The normalized spacial score (nSPS) is 37.6. The fourth-order valence-electron chi connectivity index (χ4n) is 7.14. The molecule has 0 aromatic carbocycles. The van der Waals surface area contributed by atoms with Crippen molar-refractivity contribution in [1.82, 2.24) is 20.9 Å². The first-order valence-corrected chi connectivity index (χ1v) is 18.9. The highest BCUT2D eigenvalue weighted by atomic mass is 16.8. The van der Waals surface area contributed by atoms with Crippen LogP contribution in [0, 0.1) is 5.92 Å². The minimum Gasteiger partial charge on any atom is -0.394 e. The number of carbonyl (C=O) groups excluding carboxylic acids is 4. The lowest BCUT2D eigenvalue weighted by Crippen LogP contribution is -2.68. The van der Waals surface area contributed by atoms with E-state index in [4.69, 9.17) is 18.9 Å². The van der Waals surface area contributed by atoms with Gasteiger partial charge in [-0.3, -0.25) is 24.6 Å². The number of aliphatic hydroxyl groups excluding tert-OH is 8. The van der Waals surface area contributed by atoms with Crippen molar-refractivity contribution in [2.75, 3.05) is 13.2 Å². The SMILES string of the molecule is CC(=O)N[C@@H]1[C@H](O[C@@H]2O[C@H](C[C@@H](O)C3O[C@@H](N4CCC(=O)NC4=O)[C@H](O)[C@@H]3O)[C@H](O)[C@H](O)[C@H]2NC(=O)/C=C/CCCCCCC(C)C)O[C@@H](CO)[C@H](O)[C@H]1O. The third-order valence-corrected chi connectivity index (χ3v) is 10.2. The number of rotatable bonds is 17. The number of amides is 5. The Balaban J connectivity index is 1.49. The summed E-state index contributed by atoms with van der Waals surface area (Å²) in [5, 5.41) is 93.3. The summed E-state index contributed by atoms with van der Waals surface area (Å²) >= 11 is 0. The van der Waals surface area contributed by atoms with Gasteiger partial charge in [-0.15, -0.1) is 0 Å². The van der Waals surface area contributed by atoms with E-state index in [2.05, 4.69) is 29.8 Å². The summed E-state index contributed by atoms with van der Waals surface area (Å²) in [6.45, 7) is 4.55. The van der Waals surface area contributed by atoms with E-state index in [9.17, 15) is 60.0 Å². The van der Waals surface area contributed by atoms with Gasteiger partial charge in [-0.05, 0) is 24.8 Å². The summed E-state index contributed by atoms with van der Waals surface area (Å²) in [4.78, 5) is 50.1. The van der Waals surface area contributed by atoms with Gasteiger partial charge in [0.15, 0.2) is 18.8 Å². The first-order valence-electron chi connectivity index (χ1n) is 18.9. The van der Waals surface area contributed by atoms with E-state index in [1.165, 1.54) is 6.08 Å². The molecule has 4 aliphatic rings. The fourth-order valence-corrected chi connectivity index (χ4v) is 7.14. The number of hydrogen-bond acceptors (Lipinski definition) is 16. The summed E-state index contributed by atoms with van der Waals surface area (Å²) in [5.74, 6) is -1.26. The highest BCUT2D eigenvalue weighted by Crippen LogP contribution is 2.33. The molecule has 314 valence electrons. The van der Waals surface area contributed by atoms with E-state index in [1.54, 1.807) is 6.08 Å². The number of nitrogens with one attached hydrogen (secondary N) is 3. The van der Waals surface area contributed by atoms with Crippen LogP contribution in [0.4, 0.5) is 4.79 Å². The molecule has 0 saturated carbocycles. The van der Waals surface area contributed by atoms with Gasteiger partial charge in [0.2, 0.25) is 17.7 Å². The highest BCUT2D eigenvalue weighted by molar-refractivity contribution is 5.96. The molecule has 4 fully saturated rings. The molecule has 4 heterocycles. The number of allylic oxidation sites excluding steroid dienone is 1. The second-order valence-electron chi connectivity index (χ2n) is 15.0. The van der Waals surface area contributed by atoms with E-state index in [-0.39, 0.29) is 13.0 Å². The molecule has 0 radical (unpaired) electrons. The predicted octanol–water partition coefficient (Wildman–Crippen LogP) is -3.43. The number of imide groups is 1. The van der Waals surface area contributed by atoms with Crippen LogP contribution in [-0.2, 0) is 33.3 Å². The highest BCUT2D eigenvalue weighted by Gasteiger charge is 2.54. The second-order valence-corrected chi connectivity index (χ2v) is 15.0. The molecule has 0 bridgehead atoms. The van der Waals surface area contributed by atoms with Gasteiger partial charge in [0, 0.05) is 26.3 Å². The van der Waals surface area contributed by atoms with Crippen molar-refractivity contribution >= 4 is 23.8 Å². The molecule has 4 aliphatic heterocycles. The zero-order valence-corrected chi connectivity index (χ0v) is 31.3. The van der Waals surface area contributed by atoms with Gasteiger partial charge in [-0.2, -0.15) is 0 Å². The molecule has 0 aliphatic carbocycles. The summed E-state index contributed by atoms with van der Waals surface area (Å²) in [6.07, 6.45) is -13.6. The maximum atomic E-state index is 13.1. The van der Waals surface area contributed by atoms with Crippen LogP contribution in [0.3, 0.4) is 0 Å². The third-order valence-electron chi connectivity index (χ3n) is 10.2. The van der Waals surface area contributed by atoms with Gasteiger partial charge in [-0.25, -0.2) is 4.79 Å². The Bertz CT molecular complexity index is 1320.